The van der Waals surface area contributed by atoms with Crippen LogP contribution in [0.25, 0.3) is 0 Å². The van der Waals surface area contributed by atoms with E-state index in [0.29, 0.717) is 19.6 Å². The van der Waals surface area contributed by atoms with Crippen molar-refractivity contribution >= 4 is 17.6 Å². The van der Waals surface area contributed by atoms with E-state index in [1.807, 2.05) is 30.3 Å². The van der Waals surface area contributed by atoms with E-state index in [2.05, 4.69) is 51.1 Å². The lowest BCUT2D eigenvalue weighted by atomic mass is 10.1. The van der Waals surface area contributed by atoms with Gasteiger partial charge >= 0.3 is 11.9 Å². The normalized spacial score (nSPS) is 13.8. The van der Waals surface area contributed by atoms with Crippen molar-refractivity contribution in [3.63, 3.8) is 0 Å². The molecule has 0 aromatic heterocycles. The number of aliphatic carboxylic acids is 1. The van der Waals surface area contributed by atoms with Gasteiger partial charge in [0.25, 0.3) is 0 Å². The molecule has 0 amide bonds. The second kappa shape index (κ2) is 16.5. The van der Waals surface area contributed by atoms with Crippen molar-refractivity contribution in [2.24, 2.45) is 0 Å². The number of benzene rings is 3. The Morgan fingerprint density at radius 3 is 2.21 bits per heavy atom. The van der Waals surface area contributed by atoms with Gasteiger partial charge in [0, 0.05) is 57.9 Å². The lowest BCUT2D eigenvalue weighted by Gasteiger charge is -2.36. The van der Waals surface area contributed by atoms with Crippen molar-refractivity contribution < 1.29 is 24.5 Å². The van der Waals surface area contributed by atoms with E-state index in [1.54, 1.807) is 12.1 Å². The lowest BCUT2D eigenvalue weighted by molar-refractivity contribution is -0.137. The number of piperazine rings is 1. The largest absolute Gasteiger partial charge is 0.493 e. The maximum atomic E-state index is 11.2. The third kappa shape index (κ3) is 10.2. The average Bonchev–Trinajstić information content (AvgIpc) is 3.01. The van der Waals surface area contributed by atoms with E-state index in [9.17, 15) is 14.7 Å². The highest BCUT2D eigenvalue weighted by Gasteiger charge is 2.17. The molecule has 0 bridgehead atoms. The Balaban J connectivity index is 1.24. The summed E-state index contributed by atoms with van der Waals surface area (Å²) in [6.07, 6.45) is 3.37. The second-order valence-corrected chi connectivity index (χ2v) is 10.9. The number of ether oxygens (including phenoxy) is 1. The predicted octanol–water partition coefficient (Wildman–Crippen LogP) is 5.28. The molecule has 0 unspecified atom stereocenters. The molecule has 2 N–H and O–H groups in total. The van der Waals surface area contributed by atoms with Crippen molar-refractivity contribution in [1.82, 2.24) is 9.80 Å². The Morgan fingerprint density at radius 2 is 1.50 bits per heavy atom. The standard InChI is InChI=1S/C34H43N3O5/c38-33(39)13-6-7-19-36(27-28-14-16-30(17-15-28)34(40)41)21-18-29-9-4-5-12-32(29)42-26-8-20-35-22-24-37(25-23-35)31-10-2-1-3-11-31/h1-5,9-12,14-17H,6-8,13,18-27H2,(H,38,39)(H,40,41). The van der Waals surface area contributed by atoms with Crippen molar-refractivity contribution in [3.05, 3.63) is 95.6 Å². The summed E-state index contributed by atoms with van der Waals surface area (Å²) < 4.78 is 6.25. The molecule has 1 aliphatic rings. The van der Waals surface area contributed by atoms with Crippen LogP contribution in [0.15, 0.2) is 78.9 Å². The molecule has 8 nitrogen and oxygen atoms in total. The van der Waals surface area contributed by atoms with E-state index in [4.69, 9.17) is 9.84 Å². The van der Waals surface area contributed by atoms with Gasteiger partial charge in [0.15, 0.2) is 0 Å². The maximum Gasteiger partial charge on any atom is 0.335 e. The van der Waals surface area contributed by atoms with Crippen LogP contribution in [0.2, 0.25) is 0 Å². The van der Waals surface area contributed by atoms with Crippen LogP contribution >= 0.6 is 0 Å². The number of hydrogen-bond acceptors (Lipinski definition) is 6. The van der Waals surface area contributed by atoms with Gasteiger partial charge in [0.2, 0.25) is 0 Å². The summed E-state index contributed by atoms with van der Waals surface area (Å²) >= 11 is 0. The third-order valence-corrected chi connectivity index (χ3v) is 7.76. The van der Waals surface area contributed by atoms with Gasteiger partial charge < -0.3 is 19.8 Å². The highest BCUT2D eigenvalue weighted by molar-refractivity contribution is 5.87. The van der Waals surface area contributed by atoms with Crippen LogP contribution in [0.4, 0.5) is 5.69 Å². The van der Waals surface area contributed by atoms with E-state index in [1.165, 1.54) is 5.69 Å². The van der Waals surface area contributed by atoms with Gasteiger partial charge in [0.1, 0.15) is 5.75 Å². The Bertz CT molecular complexity index is 1240. The molecule has 1 saturated heterocycles. The molecule has 3 aromatic rings. The zero-order valence-electron chi connectivity index (χ0n) is 24.4. The van der Waals surface area contributed by atoms with E-state index in [-0.39, 0.29) is 12.0 Å². The number of carbonyl (C=O) groups is 2. The van der Waals surface area contributed by atoms with Gasteiger partial charge in [-0.3, -0.25) is 14.6 Å². The Kier molecular flexibility index (Phi) is 12.2. The van der Waals surface area contributed by atoms with Gasteiger partial charge in [0.05, 0.1) is 12.2 Å². The Hall–Kier alpha value is -3.88. The molecule has 3 aromatic carbocycles. The summed E-state index contributed by atoms with van der Waals surface area (Å²) in [7, 11) is 0. The average molecular weight is 574 g/mol. The second-order valence-electron chi connectivity index (χ2n) is 10.9. The predicted molar refractivity (Wildman–Crippen MR) is 166 cm³/mol. The minimum atomic E-state index is -0.936. The van der Waals surface area contributed by atoms with Crippen LogP contribution in [-0.4, -0.2) is 84.4 Å². The summed E-state index contributed by atoms with van der Waals surface area (Å²) in [6, 6.07) is 25.8. The number of rotatable bonds is 17. The van der Waals surface area contributed by atoms with Crippen LogP contribution in [-0.2, 0) is 17.8 Å². The van der Waals surface area contributed by atoms with Crippen molar-refractivity contribution in [2.45, 2.75) is 38.6 Å². The molecule has 0 saturated carbocycles. The quantitative estimate of drug-likeness (QED) is 0.211. The van der Waals surface area contributed by atoms with Crippen LogP contribution in [0.1, 0.15) is 47.2 Å². The molecular weight excluding hydrogens is 530 g/mol. The zero-order valence-corrected chi connectivity index (χ0v) is 24.4. The fraction of sp³-hybridized carbons (Fsp3) is 0.412. The number of para-hydroxylation sites is 2. The van der Waals surface area contributed by atoms with Gasteiger partial charge in [-0.2, -0.15) is 0 Å². The van der Waals surface area contributed by atoms with Gasteiger partial charge in [-0.05, 0) is 73.7 Å². The highest BCUT2D eigenvalue weighted by atomic mass is 16.5. The SMILES string of the molecule is O=C(O)CCCCN(CCc1ccccc1OCCCN1CCN(c2ccccc2)CC1)Cc1ccc(C(=O)O)cc1. The topological polar surface area (TPSA) is 93.5 Å². The first-order valence-electron chi connectivity index (χ1n) is 15.0. The van der Waals surface area contributed by atoms with Gasteiger partial charge in [-0.25, -0.2) is 4.79 Å². The first kappa shape index (κ1) is 31.1. The van der Waals surface area contributed by atoms with Crippen LogP contribution in [0.5, 0.6) is 5.75 Å². The highest BCUT2D eigenvalue weighted by Crippen LogP contribution is 2.21. The molecule has 0 aliphatic carbocycles. The number of unbranched alkanes of at least 4 members (excludes halogenated alkanes) is 1. The monoisotopic (exact) mass is 573 g/mol. The van der Waals surface area contributed by atoms with Crippen LogP contribution < -0.4 is 9.64 Å². The molecule has 0 spiro atoms. The molecule has 1 aliphatic heterocycles. The summed E-state index contributed by atoms with van der Waals surface area (Å²) in [6.45, 7) is 8.15. The molecule has 4 rings (SSSR count). The Labute approximate surface area is 249 Å². The van der Waals surface area contributed by atoms with Crippen LogP contribution in [0, 0.1) is 0 Å². The minimum Gasteiger partial charge on any atom is -0.493 e. The molecule has 0 atom stereocenters. The summed E-state index contributed by atoms with van der Waals surface area (Å²) in [5, 5.41) is 18.2. The molecule has 42 heavy (non-hydrogen) atoms. The number of anilines is 1. The molecular formula is C34H43N3O5. The molecule has 8 heteroatoms. The first-order chi connectivity index (χ1) is 20.5. The van der Waals surface area contributed by atoms with E-state index < -0.39 is 11.9 Å². The lowest BCUT2D eigenvalue weighted by Crippen LogP contribution is -2.46. The van der Waals surface area contributed by atoms with E-state index in [0.717, 1.165) is 82.0 Å². The van der Waals surface area contributed by atoms with Gasteiger partial charge in [-0.15, -0.1) is 0 Å². The molecule has 1 fully saturated rings. The number of nitrogens with zero attached hydrogens (tertiary/aromatic N) is 3. The van der Waals surface area contributed by atoms with Crippen molar-refractivity contribution in [1.29, 1.82) is 0 Å². The smallest absolute Gasteiger partial charge is 0.335 e. The number of hydrogen-bond donors (Lipinski definition) is 2. The van der Waals surface area contributed by atoms with E-state index >= 15 is 0 Å². The fourth-order valence-corrected chi connectivity index (χ4v) is 5.36. The van der Waals surface area contributed by atoms with Gasteiger partial charge in [-0.1, -0.05) is 48.5 Å². The first-order valence-corrected chi connectivity index (χ1v) is 15.0. The molecule has 1 heterocycles. The summed E-state index contributed by atoms with van der Waals surface area (Å²) in [5.41, 5.74) is 3.76. The number of carboxylic acid groups (broad SMARTS) is 2. The number of carboxylic acids is 2. The maximum absolute atomic E-state index is 11.2. The summed E-state index contributed by atoms with van der Waals surface area (Å²) in [4.78, 5) is 29.4. The fourth-order valence-electron chi connectivity index (χ4n) is 5.36. The Morgan fingerprint density at radius 1 is 0.786 bits per heavy atom. The third-order valence-electron chi connectivity index (χ3n) is 7.76. The number of aromatic carboxylic acids is 1. The van der Waals surface area contributed by atoms with Crippen molar-refractivity contribution in [3.8, 4) is 5.75 Å². The zero-order chi connectivity index (χ0) is 29.6. The van der Waals surface area contributed by atoms with Crippen molar-refractivity contribution in [2.75, 3.05) is 57.3 Å². The summed E-state index contributed by atoms with van der Waals surface area (Å²) in [5.74, 6) is -0.788. The molecule has 224 valence electrons. The minimum absolute atomic E-state index is 0.167. The molecule has 0 radical (unpaired) electrons. The van der Waals surface area contributed by atoms with Crippen LogP contribution in [0.3, 0.4) is 0 Å².